The van der Waals surface area contributed by atoms with E-state index in [4.69, 9.17) is 0 Å². The van der Waals surface area contributed by atoms with Gasteiger partial charge in [0, 0.05) is 36.7 Å². The highest BCUT2D eigenvalue weighted by molar-refractivity contribution is 7.89. The molecule has 0 radical (unpaired) electrons. The van der Waals surface area contributed by atoms with Crippen LogP contribution in [0.25, 0.3) is 5.69 Å². The molecule has 0 fully saturated rings. The van der Waals surface area contributed by atoms with E-state index in [0.717, 1.165) is 22.4 Å². The van der Waals surface area contributed by atoms with Crippen LogP contribution in [0.3, 0.4) is 0 Å². The second-order valence-corrected chi connectivity index (χ2v) is 11.0. The third-order valence-electron chi connectivity index (χ3n) is 6.23. The van der Waals surface area contributed by atoms with Gasteiger partial charge in [-0.15, -0.1) is 0 Å². The van der Waals surface area contributed by atoms with E-state index in [-0.39, 0.29) is 23.9 Å². The maximum Gasteiger partial charge on any atom is 0.271 e. The van der Waals surface area contributed by atoms with Crippen molar-refractivity contribution < 1.29 is 13.2 Å². The number of imidazole rings is 1. The van der Waals surface area contributed by atoms with Crippen LogP contribution in [0.4, 0.5) is 0 Å². The van der Waals surface area contributed by atoms with Gasteiger partial charge in [-0.05, 0) is 53.1 Å². The highest BCUT2D eigenvalue weighted by atomic mass is 32.2. The molecule has 0 spiro atoms. The maximum absolute atomic E-state index is 13.5. The summed E-state index contributed by atoms with van der Waals surface area (Å²) in [5, 5.41) is 4.06. The van der Waals surface area contributed by atoms with Gasteiger partial charge in [0.1, 0.15) is 0 Å². The van der Waals surface area contributed by atoms with Crippen molar-refractivity contribution in [1.29, 1.82) is 0 Å². The quantitative estimate of drug-likeness (QED) is 0.195. The minimum atomic E-state index is -3.75. The fourth-order valence-electron chi connectivity index (χ4n) is 4.09. The van der Waals surface area contributed by atoms with Gasteiger partial charge in [0.15, 0.2) is 0 Å². The molecule has 8 nitrogen and oxygen atoms in total. The SMILES string of the molecule is O=C(N/N=C/c1ccc(-n2ccnc2)cc1)c1ccc(CN(Cc2ccccc2)S(=O)(=O)c2ccccc2)cc1. The molecule has 0 aliphatic rings. The topological polar surface area (TPSA) is 96.7 Å². The van der Waals surface area contributed by atoms with E-state index >= 15 is 0 Å². The number of amides is 1. The molecule has 200 valence electrons. The lowest BCUT2D eigenvalue weighted by Gasteiger charge is -2.22. The van der Waals surface area contributed by atoms with Gasteiger partial charge >= 0.3 is 0 Å². The van der Waals surface area contributed by atoms with Crippen molar-refractivity contribution >= 4 is 22.1 Å². The number of carbonyl (C=O) groups excluding carboxylic acids is 1. The number of hydrogen-bond acceptors (Lipinski definition) is 5. The predicted octanol–water partition coefficient (Wildman–Crippen LogP) is 5.03. The first-order valence-corrected chi connectivity index (χ1v) is 14.0. The number of rotatable bonds is 10. The number of sulfonamides is 1. The van der Waals surface area contributed by atoms with Crippen molar-refractivity contribution in [2.75, 3.05) is 0 Å². The molecule has 9 heteroatoms. The van der Waals surface area contributed by atoms with Crippen LogP contribution in [-0.4, -0.2) is 34.4 Å². The molecular formula is C31H27N5O3S. The van der Waals surface area contributed by atoms with E-state index < -0.39 is 10.0 Å². The van der Waals surface area contributed by atoms with Gasteiger partial charge in [0.25, 0.3) is 5.91 Å². The molecule has 0 unspecified atom stereocenters. The normalized spacial score (nSPS) is 11.6. The standard InChI is InChI=1S/C31H27N5O3S/c37-31(34-33-21-25-13-17-29(18-14-25)35-20-19-32-24-35)28-15-11-27(12-16-28)23-36(22-26-7-3-1-4-8-26)40(38,39)30-9-5-2-6-10-30/h1-21,24H,22-23H2,(H,34,37)/b33-21+. The summed E-state index contributed by atoms with van der Waals surface area (Å²) in [7, 11) is -3.75. The maximum atomic E-state index is 13.5. The van der Waals surface area contributed by atoms with Gasteiger partial charge < -0.3 is 4.57 Å². The summed E-state index contributed by atoms with van der Waals surface area (Å²) >= 11 is 0. The van der Waals surface area contributed by atoms with E-state index in [1.165, 1.54) is 4.31 Å². The molecule has 5 rings (SSSR count). The molecule has 0 saturated carbocycles. The Hall–Kier alpha value is -4.86. The molecular weight excluding hydrogens is 522 g/mol. The van der Waals surface area contributed by atoms with Crippen LogP contribution in [-0.2, 0) is 23.1 Å². The third kappa shape index (κ3) is 6.58. The lowest BCUT2D eigenvalue weighted by Crippen LogP contribution is -2.30. The second kappa shape index (κ2) is 12.3. The summed E-state index contributed by atoms with van der Waals surface area (Å²) in [5.74, 6) is -0.365. The lowest BCUT2D eigenvalue weighted by molar-refractivity contribution is 0.0955. The van der Waals surface area contributed by atoms with Crippen LogP contribution in [0.5, 0.6) is 0 Å². The first-order valence-electron chi connectivity index (χ1n) is 12.6. The predicted molar refractivity (Wildman–Crippen MR) is 154 cm³/mol. The van der Waals surface area contributed by atoms with Crippen molar-refractivity contribution in [3.8, 4) is 5.69 Å². The van der Waals surface area contributed by atoms with Crippen LogP contribution in [0, 0.1) is 0 Å². The van der Waals surface area contributed by atoms with Crippen molar-refractivity contribution in [1.82, 2.24) is 19.3 Å². The molecule has 5 aromatic rings. The van der Waals surface area contributed by atoms with Crippen molar-refractivity contribution in [2.45, 2.75) is 18.0 Å². The highest BCUT2D eigenvalue weighted by Gasteiger charge is 2.25. The summed E-state index contributed by atoms with van der Waals surface area (Å²) in [6.45, 7) is 0.375. The van der Waals surface area contributed by atoms with Gasteiger partial charge in [-0.1, -0.05) is 72.8 Å². The van der Waals surface area contributed by atoms with Crippen LogP contribution in [0.2, 0.25) is 0 Å². The molecule has 40 heavy (non-hydrogen) atoms. The fourth-order valence-corrected chi connectivity index (χ4v) is 5.53. The number of aromatic nitrogens is 2. The van der Waals surface area contributed by atoms with Gasteiger partial charge in [-0.25, -0.2) is 18.8 Å². The molecule has 0 aliphatic carbocycles. The Labute approximate surface area is 233 Å². The van der Waals surface area contributed by atoms with Gasteiger partial charge in [0.2, 0.25) is 10.0 Å². The Bertz CT molecular complexity index is 1670. The van der Waals surface area contributed by atoms with Crippen LogP contribution in [0.15, 0.2) is 138 Å². The number of hydrogen-bond donors (Lipinski definition) is 1. The Morgan fingerprint density at radius 2 is 1.45 bits per heavy atom. The average Bonchev–Trinajstić information content (AvgIpc) is 3.54. The minimum absolute atomic E-state index is 0.154. The molecule has 1 N–H and O–H groups in total. The summed E-state index contributed by atoms with van der Waals surface area (Å²) in [5.41, 5.74) is 6.39. The Kier molecular flexibility index (Phi) is 8.24. The summed E-state index contributed by atoms with van der Waals surface area (Å²) < 4.78 is 30.3. The van der Waals surface area contributed by atoms with Crippen LogP contribution < -0.4 is 5.43 Å². The van der Waals surface area contributed by atoms with E-state index in [9.17, 15) is 13.2 Å². The lowest BCUT2D eigenvalue weighted by atomic mass is 10.1. The number of nitrogens with zero attached hydrogens (tertiary/aromatic N) is 4. The molecule has 1 aromatic heterocycles. The molecule has 1 heterocycles. The number of benzene rings is 4. The average molecular weight is 550 g/mol. The smallest absolute Gasteiger partial charge is 0.271 e. The first kappa shape index (κ1) is 26.7. The number of hydrazone groups is 1. The van der Waals surface area contributed by atoms with E-state index in [1.54, 1.807) is 73.3 Å². The van der Waals surface area contributed by atoms with Gasteiger partial charge in [-0.3, -0.25) is 4.79 Å². The summed E-state index contributed by atoms with van der Waals surface area (Å²) in [6, 6.07) is 32.3. The number of nitrogens with one attached hydrogen (secondary N) is 1. The Morgan fingerprint density at radius 1 is 0.825 bits per heavy atom. The molecule has 0 saturated heterocycles. The second-order valence-electron chi connectivity index (χ2n) is 9.03. The number of carbonyl (C=O) groups is 1. The van der Waals surface area contributed by atoms with E-state index in [0.29, 0.717) is 5.56 Å². The molecule has 4 aromatic carbocycles. The monoisotopic (exact) mass is 549 g/mol. The van der Waals surface area contributed by atoms with Crippen molar-refractivity contribution in [3.05, 3.63) is 150 Å². The fraction of sp³-hybridized carbons (Fsp3) is 0.0645. The molecule has 0 bridgehead atoms. The zero-order valence-corrected chi connectivity index (χ0v) is 22.4. The van der Waals surface area contributed by atoms with Crippen molar-refractivity contribution in [2.24, 2.45) is 5.10 Å². The Morgan fingerprint density at radius 3 is 2.08 bits per heavy atom. The van der Waals surface area contributed by atoms with Crippen LogP contribution >= 0.6 is 0 Å². The highest BCUT2D eigenvalue weighted by Crippen LogP contribution is 2.21. The molecule has 1 amide bonds. The van der Waals surface area contributed by atoms with E-state index in [2.05, 4.69) is 15.5 Å². The zero-order chi connectivity index (χ0) is 27.8. The van der Waals surface area contributed by atoms with Crippen molar-refractivity contribution in [3.63, 3.8) is 0 Å². The van der Waals surface area contributed by atoms with E-state index in [1.807, 2.05) is 65.4 Å². The van der Waals surface area contributed by atoms with Gasteiger partial charge in [-0.2, -0.15) is 9.41 Å². The largest absolute Gasteiger partial charge is 0.306 e. The molecule has 0 aliphatic heterocycles. The third-order valence-corrected chi connectivity index (χ3v) is 8.04. The van der Waals surface area contributed by atoms with Crippen LogP contribution in [0.1, 0.15) is 27.0 Å². The first-order chi connectivity index (χ1) is 19.5. The Balaban J connectivity index is 1.24. The summed E-state index contributed by atoms with van der Waals surface area (Å²) in [6.07, 6.45) is 6.86. The zero-order valence-electron chi connectivity index (χ0n) is 21.5. The summed E-state index contributed by atoms with van der Waals surface area (Å²) in [4.78, 5) is 16.9. The minimum Gasteiger partial charge on any atom is -0.306 e. The van der Waals surface area contributed by atoms with Gasteiger partial charge in [0.05, 0.1) is 17.4 Å². The molecule has 0 atom stereocenters.